The lowest BCUT2D eigenvalue weighted by atomic mass is 10.1. The van der Waals surface area contributed by atoms with Crippen molar-refractivity contribution in [2.75, 3.05) is 20.7 Å². The first-order valence-corrected chi connectivity index (χ1v) is 6.84. The number of nitrogens with zero attached hydrogens (tertiary/aromatic N) is 2. The van der Waals surface area contributed by atoms with Gasteiger partial charge in [0.1, 0.15) is 0 Å². The number of hydroxylamine groups is 2. The molecule has 1 heterocycles. The number of pyridine rings is 1. The molecule has 2 rings (SSSR count). The lowest BCUT2D eigenvalue weighted by Crippen LogP contribution is -2.11. The van der Waals surface area contributed by atoms with Crippen molar-refractivity contribution in [2.45, 2.75) is 20.8 Å². The Morgan fingerprint density at radius 1 is 1.00 bits per heavy atom. The fourth-order valence-corrected chi connectivity index (χ4v) is 1.69. The number of benzene rings is 1. The highest BCUT2D eigenvalue weighted by molar-refractivity contribution is 5.59. The van der Waals surface area contributed by atoms with Crippen LogP contribution in [0, 0.1) is 13.8 Å². The van der Waals surface area contributed by atoms with Crippen LogP contribution in [0.15, 0.2) is 42.5 Å². The molecular weight excluding hydrogens is 248 g/mol. The molecule has 0 fully saturated rings. The molecule has 0 spiro atoms. The smallest absolute Gasteiger partial charge is 0.0705 e. The van der Waals surface area contributed by atoms with Crippen molar-refractivity contribution < 1.29 is 4.84 Å². The predicted molar refractivity (Wildman–Crippen MR) is 84.5 cm³/mol. The van der Waals surface area contributed by atoms with Gasteiger partial charge in [0.15, 0.2) is 0 Å². The van der Waals surface area contributed by atoms with Crippen molar-refractivity contribution in [1.29, 1.82) is 0 Å². The van der Waals surface area contributed by atoms with Crippen molar-refractivity contribution in [3.63, 3.8) is 0 Å². The summed E-state index contributed by atoms with van der Waals surface area (Å²) in [6.07, 6.45) is 0. The van der Waals surface area contributed by atoms with E-state index >= 15 is 0 Å². The highest BCUT2D eigenvalue weighted by Gasteiger charge is 1.97. The Labute approximate surface area is 122 Å². The Morgan fingerprint density at radius 2 is 1.65 bits per heavy atom. The summed E-state index contributed by atoms with van der Waals surface area (Å²) in [5.41, 5.74) is 4.56. The van der Waals surface area contributed by atoms with Gasteiger partial charge in [-0.05, 0) is 32.9 Å². The number of hydrogen-bond donors (Lipinski definition) is 0. The Kier molecular flexibility index (Phi) is 6.91. The molecule has 3 heteroatoms. The normalized spacial score (nSPS) is 10.1. The maximum atomic E-state index is 4.88. The van der Waals surface area contributed by atoms with E-state index in [2.05, 4.69) is 36.2 Å². The molecule has 108 valence electrons. The van der Waals surface area contributed by atoms with Crippen LogP contribution in [0.5, 0.6) is 0 Å². The van der Waals surface area contributed by atoms with Crippen LogP contribution in [0.1, 0.15) is 18.2 Å². The topological polar surface area (TPSA) is 25.4 Å². The molecule has 0 aliphatic heterocycles. The average Bonchev–Trinajstić information content (AvgIpc) is 2.40. The summed E-state index contributed by atoms with van der Waals surface area (Å²) in [5.74, 6) is 0. The van der Waals surface area contributed by atoms with Crippen molar-refractivity contribution in [2.24, 2.45) is 0 Å². The van der Waals surface area contributed by atoms with Crippen LogP contribution in [0.3, 0.4) is 0 Å². The van der Waals surface area contributed by atoms with Crippen molar-refractivity contribution in [3.8, 4) is 11.3 Å². The molecule has 0 atom stereocenters. The van der Waals surface area contributed by atoms with Crippen molar-refractivity contribution in [3.05, 3.63) is 53.7 Å². The van der Waals surface area contributed by atoms with Crippen LogP contribution in [0.25, 0.3) is 11.3 Å². The second-order valence-electron chi connectivity index (χ2n) is 4.76. The third-order valence-electron chi connectivity index (χ3n) is 2.62. The minimum absolute atomic E-state index is 0.757. The number of aromatic nitrogens is 1. The summed E-state index contributed by atoms with van der Waals surface area (Å²) < 4.78 is 0. The van der Waals surface area contributed by atoms with E-state index in [0.29, 0.717) is 0 Å². The molecule has 0 aliphatic rings. The third kappa shape index (κ3) is 5.95. The Morgan fingerprint density at radius 3 is 2.10 bits per heavy atom. The highest BCUT2D eigenvalue weighted by atomic mass is 16.7. The van der Waals surface area contributed by atoms with Gasteiger partial charge >= 0.3 is 0 Å². The first-order valence-electron chi connectivity index (χ1n) is 6.84. The van der Waals surface area contributed by atoms with E-state index in [-0.39, 0.29) is 0 Å². The zero-order chi connectivity index (χ0) is 15.0. The minimum Gasteiger partial charge on any atom is -0.300 e. The second-order valence-corrected chi connectivity index (χ2v) is 4.76. The third-order valence-corrected chi connectivity index (χ3v) is 2.62. The Hall–Kier alpha value is -1.71. The van der Waals surface area contributed by atoms with Crippen LogP contribution >= 0.6 is 0 Å². The van der Waals surface area contributed by atoms with Crippen LogP contribution in [-0.4, -0.2) is 30.7 Å². The van der Waals surface area contributed by atoms with Crippen molar-refractivity contribution >= 4 is 0 Å². The molecule has 0 bridgehead atoms. The molecule has 0 saturated heterocycles. The first-order chi connectivity index (χ1) is 9.52. The quantitative estimate of drug-likeness (QED) is 0.793. The van der Waals surface area contributed by atoms with Gasteiger partial charge in [0.2, 0.25) is 0 Å². The van der Waals surface area contributed by atoms with E-state index in [1.165, 1.54) is 11.1 Å². The van der Waals surface area contributed by atoms with Gasteiger partial charge in [-0.3, -0.25) is 9.82 Å². The summed E-state index contributed by atoms with van der Waals surface area (Å²) in [5, 5.41) is 1.68. The number of aryl methyl sites for hydroxylation is 2. The van der Waals surface area contributed by atoms with E-state index in [4.69, 9.17) is 4.84 Å². The zero-order valence-electron chi connectivity index (χ0n) is 13.1. The molecule has 0 amide bonds. The molecule has 1 aromatic carbocycles. The molecule has 0 unspecified atom stereocenters. The van der Waals surface area contributed by atoms with E-state index in [0.717, 1.165) is 18.0 Å². The number of hydrogen-bond acceptors (Lipinski definition) is 3. The lowest BCUT2D eigenvalue weighted by Gasteiger charge is -2.05. The van der Waals surface area contributed by atoms with E-state index in [1.807, 2.05) is 46.1 Å². The SMILES string of the molecule is CCON(C)C.Cc1ccc(-c2cccc(C)n2)cc1. The minimum atomic E-state index is 0.757. The summed E-state index contributed by atoms with van der Waals surface area (Å²) in [7, 11) is 3.73. The molecule has 0 N–H and O–H groups in total. The molecule has 0 radical (unpaired) electrons. The maximum Gasteiger partial charge on any atom is 0.0705 e. The molecule has 0 aliphatic carbocycles. The Balaban J connectivity index is 0.000000286. The van der Waals surface area contributed by atoms with E-state index in [1.54, 1.807) is 5.06 Å². The molecule has 0 saturated carbocycles. The molecule has 1 aromatic heterocycles. The highest BCUT2D eigenvalue weighted by Crippen LogP contribution is 2.17. The molecule has 3 nitrogen and oxygen atoms in total. The van der Waals surface area contributed by atoms with Gasteiger partial charge in [0.25, 0.3) is 0 Å². The molecule has 20 heavy (non-hydrogen) atoms. The van der Waals surface area contributed by atoms with Gasteiger partial charge < -0.3 is 0 Å². The zero-order valence-corrected chi connectivity index (χ0v) is 13.1. The van der Waals surface area contributed by atoms with Gasteiger partial charge in [0.05, 0.1) is 12.3 Å². The standard InChI is InChI=1S/C13H13N.C4H11NO/c1-10-6-8-12(9-7-10)13-5-3-4-11(2)14-13;1-4-6-5(2)3/h3-9H,1-2H3;4H2,1-3H3. The van der Waals surface area contributed by atoms with Gasteiger partial charge in [-0.15, -0.1) is 0 Å². The fraction of sp³-hybridized carbons (Fsp3) is 0.353. The summed E-state index contributed by atoms with van der Waals surface area (Å²) in [6, 6.07) is 14.5. The van der Waals surface area contributed by atoms with Gasteiger partial charge in [-0.1, -0.05) is 35.9 Å². The van der Waals surface area contributed by atoms with Crippen LogP contribution < -0.4 is 0 Å². The average molecular weight is 272 g/mol. The maximum absolute atomic E-state index is 4.88. The monoisotopic (exact) mass is 272 g/mol. The van der Waals surface area contributed by atoms with E-state index in [9.17, 15) is 0 Å². The largest absolute Gasteiger partial charge is 0.300 e. The second kappa shape index (κ2) is 8.46. The van der Waals surface area contributed by atoms with Gasteiger partial charge in [0, 0.05) is 25.4 Å². The van der Waals surface area contributed by atoms with Gasteiger partial charge in [-0.2, -0.15) is 5.06 Å². The van der Waals surface area contributed by atoms with Crippen molar-refractivity contribution in [1.82, 2.24) is 10.0 Å². The van der Waals surface area contributed by atoms with Gasteiger partial charge in [-0.25, -0.2) is 0 Å². The lowest BCUT2D eigenvalue weighted by molar-refractivity contribution is -0.113. The summed E-state index contributed by atoms with van der Waals surface area (Å²) in [4.78, 5) is 9.35. The van der Waals surface area contributed by atoms with Crippen LogP contribution in [-0.2, 0) is 4.84 Å². The Bertz CT molecular complexity index is 507. The molecular formula is C17H24N2O. The summed E-state index contributed by atoms with van der Waals surface area (Å²) >= 11 is 0. The predicted octanol–water partition coefficient (Wildman–Crippen LogP) is 3.86. The first kappa shape index (κ1) is 16.3. The van der Waals surface area contributed by atoms with Crippen LogP contribution in [0.2, 0.25) is 0 Å². The number of rotatable bonds is 3. The van der Waals surface area contributed by atoms with E-state index < -0.39 is 0 Å². The molecule has 2 aromatic rings. The summed E-state index contributed by atoms with van der Waals surface area (Å²) in [6.45, 7) is 6.82. The fourth-order valence-electron chi connectivity index (χ4n) is 1.69. The van der Waals surface area contributed by atoms with Crippen LogP contribution in [0.4, 0.5) is 0 Å².